The van der Waals surface area contributed by atoms with E-state index in [2.05, 4.69) is 5.32 Å². The van der Waals surface area contributed by atoms with Gasteiger partial charge >= 0.3 is 0 Å². The minimum absolute atomic E-state index is 0.00957. The maximum atomic E-state index is 13.4. The maximum Gasteiger partial charge on any atom is 0.161 e. The van der Waals surface area contributed by atoms with Gasteiger partial charge in [0.25, 0.3) is 0 Å². The lowest BCUT2D eigenvalue weighted by Crippen LogP contribution is -2.31. The second-order valence-corrected chi connectivity index (χ2v) is 3.84. The predicted molar refractivity (Wildman–Crippen MR) is 54.4 cm³/mol. The normalized spacial score (nSPS) is 13.2. The number of aliphatic hydroxyl groups is 1. The van der Waals surface area contributed by atoms with E-state index in [1.807, 2.05) is 0 Å². The van der Waals surface area contributed by atoms with Crippen LogP contribution >= 0.6 is 0 Å². The fourth-order valence-electron chi connectivity index (χ4n) is 1.45. The summed E-state index contributed by atoms with van der Waals surface area (Å²) in [4.78, 5) is 0. The highest BCUT2D eigenvalue weighted by Crippen LogP contribution is 2.20. The van der Waals surface area contributed by atoms with E-state index >= 15 is 0 Å². The van der Waals surface area contributed by atoms with Crippen molar-refractivity contribution in [1.29, 1.82) is 0 Å². The van der Waals surface area contributed by atoms with Crippen molar-refractivity contribution in [3.63, 3.8) is 0 Å². The third-order valence-corrected chi connectivity index (χ3v) is 2.13. The summed E-state index contributed by atoms with van der Waals surface area (Å²) in [5.41, 5.74) is -0.0740. The van der Waals surface area contributed by atoms with Crippen LogP contribution in [0.4, 0.5) is 13.2 Å². The summed E-state index contributed by atoms with van der Waals surface area (Å²) in [6.07, 6.45) is 0. The van der Waals surface area contributed by atoms with E-state index in [0.717, 1.165) is 6.07 Å². The Hall–Kier alpha value is -1.07. The third kappa shape index (κ3) is 2.96. The molecule has 2 nitrogen and oxygen atoms in total. The van der Waals surface area contributed by atoms with Gasteiger partial charge in [-0.05, 0) is 6.07 Å². The average molecular weight is 233 g/mol. The smallest absolute Gasteiger partial charge is 0.161 e. The zero-order valence-electron chi connectivity index (χ0n) is 9.10. The first kappa shape index (κ1) is 13.0. The summed E-state index contributed by atoms with van der Waals surface area (Å²) >= 11 is 0. The van der Waals surface area contributed by atoms with E-state index in [0.29, 0.717) is 6.07 Å². The summed E-state index contributed by atoms with van der Waals surface area (Å²) in [5.74, 6) is -3.23. The van der Waals surface area contributed by atoms with E-state index < -0.39 is 23.5 Å². The van der Waals surface area contributed by atoms with Gasteiger partial charge in [-0.25, -0.2) is 13.2 Å². The van der Waals surface area contributed by atoms with Crippen LogP contribution in [0.15, 0.2) is 12.1 Å². The molecule has 0 aliphatic rings. The molecule has 0 fully saturated rings. The van der Waals surface area contributed by atoms with Crippen LogP contribution in [0, 0.1) is 17.5 Å². The molecule has 16 heavy (non-hydrogen) atoms. The molecule has 2 N–H and O–H groups in total. The van der Waals surface area contributed by atoms with Gasteiger partial charge in [0.2, 0.25) is 0 Å². The first-order valence-corrected chi connectivity index (χ1v) is 4.97. The molecule has 90 valence electrons. The Labute approximate surface area is 92.1 Å². The molecule has 0 saturated heterocycles. The van der Waals surface area contributed by atoms with Crippen molar-refractivity contribution in [2.24, 2.45) is 0 Å². The average Bonchev–Trinajstić information content (AvgIpc) is 2.20. The van der Waals surface area contributed by atoms with E-state index in [9.17, 15) is 13.2 Å². The quantitative estimate of drug-likeness (QED) is 0.781. The van der Waals surface area contributed by atoms with E-state index in [1.54, 1.807) is 13.8 Å². The highest BCUT2D eigenvalue weighted by Gasteiger charge is 2.18. The molecule has 0 saturated carbocycles. The monoisotopic (exact) mass is 233 g/mol. The second-order valence-electron chi connectivity index (χ2n) is 3.84. The van der Waals surface area contributed by atoms with Crippen LogP contribution in [0.25, 0.3) is 0 Å². The van der Waals surface area contributed by atoms with Gasteiger partial charge in [-0.2, -0.15) is 0 Å². The van der Waals surface area contributed by atoms with Gasteiger partial charge in [-0.3, -0.25) is 0 Å². The maximum absolute atomic E-state index is 13.4. The summed E-state index contributed by atoms with van der Waals surface area (Å²) in [6.45, 7) is 3.22. The molecule has 0 radical (unpaired) electrons. The summed E-state index contributed by atoms with van der Waals surface area (Å²) < 4.78 is 39.0. The third-order valence-electron chi connectivity index (χ3n) is 2.13. The van der Waals surface area contributed by atoms with Crippen molar-refractivity contribution in [3.05, 3.63) is 35.1 Å². The fourth-order valence-corrected chi connectivity index (χ4v) is 1.45. The zero-order valence-corrected chi connectivity index (χ0v) is 9.10. The summed E-state index contributed by atoms with van der Waals surface area (Å²) in [6, 6.07) is 0.496. The van der Waals surface area contributed by atoms with Crippen LogP contribution in [-0.2, 0) is 0 Å². The largest absolute Gasteiger partial charge is 0.394 e. The molecular formula is C11H14F3NO. The highest BCUT2D eigenvalue weighted by molar-refractivity contribution is 5.23. The number of nitrogens with one attached hydrogen (secondary N) is 1. The van der Waals surface area contributed by atoms with Crippen molar-refractivity contribution < 1.29 is 18.3 Å². The molecule has 0 spiro atoms. The van der Waals surface area contributed by atoms with Crippen molar-refractivity contribution in [2.75, 3.05) is 6.61 Å². The second kappa shape index (κ2) is 5.32. The van der Waals surface area contributed by atoms with Gasteiger partial charge in [0.15, 0.2) is 11.6 Å². The van der Waals surface area contributed by atoms with Crippen molar-refractivity contribution >= 4 is 0 Å². The van der Waals surface area contributed by atoms with Crippen LogP contribution < -0.4 is 5.32 Å². The first-order chi connectivity index (χ1) is 7.45. The number of benzene rings is 1. The Bertz CT molecular complexity index is 368. The fraction of sp³-hybridized carbons (Fsp3) is 0.455. The standard InChI is InChI=1S/C11H14F3NO/c1-6(2)15-11(5-16)7-3-9(13)10(14)4-8(7)12/h3-4,6,11,15-16H,5H2,1-2H3. The van der Waals surface area contributed by atoms with Crippen molar-refractivity contribution in [1.82, 2.24) is 5.32 Å². The van der Waals surface area contributed by atoms with Gasteiger partial charge in [0, 0.05) is 17.7 Å². The van der Waals surface area contributed by atoms with Crippen molar-refractivity contribution in [2.45, 2.75) is 25.9 Å². The lowest BCUT2D eigenvalue weighted by Gasteiger charge is -2.20. The van der Waals surface area contributed by atoms with Gasteiger partial charge in [-0.15, -0.1) is 0 Å². The Morgan fingerprint density at radius 3 is 2.19 bits per heavy atom. The molecule has 0 bridgehead atoms. The molecular weight excluding hydrogens is 219 g/mol. The predicted octanol–water partition coefficient (Wildman–Crippen LogP) is 2.14. The summed E-state index contributed by atoms with van der Waals surface area (Å²) in [7, 11) is 0. The molecule has 1 atom stereocenters. The van der Waals surface area contributed by atoms with Crippen LogP contribution in [0.3, 0.4) is 0 Å². The molecule has 1 aromatic carbocycles. The van der Waals surface area contributed by atoms with Crippen LogP contribution in [0.2, 0.25) is 0 Å². The van der Waals surface area contributed by atoms with Crippen LogP contribution in [0.1, 0.15) is 25.5 Å². The molecule has 0 aliphatic heterocycles. The Morgan fingerprint density at radius 1 is 1.12 bits per heavy atom. The lowest BCUT2D eigenvalue weighted by molar-refractivity contribution is 0.233. The number of hydrogen-bond donors (Lipinski definition) is 2. The van der Waals surface area contributed by atoms with E-state index in [1.165, 1.54) is 0 Å². The van der Waals surface area contributed by atoms with Crippen LogP contribution in [-0.4, -0.2) is 17.8 Å². The van der Waals surface area contributed by atoms with Gasteiger partial charge < -0.3 is 10.4 Å². The van der Waals surface area contributed by atoms with Crippen molar-refractivity contribution in [3.8, 4) is 0 Å². The number of aliphatic hydroxyl groups excluding tert-OH is 1. The first-order valence-electron chi connectivity index (χ1n) is 4.97. The summed E-state index contributed by atoms with van der Waals surface area (Å²) in [5, 5.41) is 11.9. The van der Waals surface area contributed by atoms with Gasteiger partial charge in [0.05, 0.1) is 12.6 Å². The molecule has 1 aromatic rings. The Balaban J connectivity index is 3.05. The topological polar surface area (TPSA) is 32.3 Å². The Morgan fingerprint density at radius 2 is 1.69 bits per heavy atom. The minimum atomic E-state index is -1.23. The number of halogens is 3. The molecule has 0 aliphatic carbocycles. The van der Waals surface area contributed by atoms with E-state index in [4.69, 9.17) is 5.11 Å². The molecule has 0 aromatic heterocycles. The molecule has 5 heteroatoms. The lowest BCUT2D eigenvalue weighted by atomic mass is 10.1. The number of hydrogen-bond acceptors (Lipinski definition) is 2. The molecule has 1 unspecified atom stereocenters. The van der Waals surface area contributed by atoms with Crippen LogP contribution in [0.5, 0.6) is 0 Å². The Kier molecular flexibility index (Phi) is 4.32. The minimum Gasteiger partial charge on any atom is -0.394 e. The molecule has 0 heterocycles. The SMILES string of the molecule is CC(C)NC(CO)c1cc(F)c(F)cc1F. The molecule has 1 rings (SSSR count). The van der Waals surface area contributed by atoms with Gasteiger partial charge in [0.1, 0.15) is 5.82 Å². The zero-order chi connectivity index (χ0) is 12.3. The van der Waals surface area contributed by atoms with Gasteiger partial charge in [-0.1, -0.05) is 13.8 Å². The highest BCUT2D eigenvalue weighted by atomic mass is 19.2. The number of rotatable bonds is 4. The van der Waals surface area contributed by atoms with E-state index in [-0.39, 0.29) is 18.2 Å². The molecule has 0 amide bonds.